The molecule has 2 rings (SSSR count). The maximum absolute atomic E-state index is 9.55. The number of hydrogen-bond acceptors (Lipinski definition) is 2. The highest BCUT2D eigenvalue weighted by Gasteiger charge is 2.31. The number of nitrogens with zero attached hydrogens (tertiary/aromatic N) is 1. The van der Waals surface area contributed by atoms with Gasteiger partial charge in [-0.2, -0.15) is 0 Å². The van der Waals surface area contributed by atoms with Crippen molar-refractivity contribution in [1.82, 2.24) is 0 Å². The molecule has 1 fully saturated rings. The summed E-state index contributed by atoms with van der Waals surface area (Å²) in [6, 6.07) is 6.69. The number of halogens is 1. The fraction of sp³-hybridized carbons (Fsp3) is 0.571. The Morgan fingerprint density at radius 3 is 2.47 bits per heavy atom. The van der Waals surface area contributed by atoms with E-state index in [1.165, 1.54) is 18.5 Å². The van der Waals surface area contributed by atoms with Gasteiger partial charge in [0.2, 0.25) is 0 Å². The summed E-state index contributed by atoms with van der Waals surface area (Å²) in [6.07, 6.45) is 2.30. The molecule has 0 heterocycles. The Labute approximate surface area is 112 Å². The highest BCUT2D eigenvalue weighted by Crippen LogP contribution is 2.38. The smallest absolute Gasteiger partial charge is 0.0762 e. The third-order valence-electron chi connectivity index (χ3n) is 3.75. The highest BCUT2D eigenvalue weighted by atomic mass is 79.9. The first-order chi connectivity index (χ1) is 8.00. The van der Waals surface area contributed by atoms with Crippen molar-refractivity contribution in [3.63, 3.8) is 0 Å². The van der Waals surface area contributed by atoms with Crippen LogP contribution in [0.25, 0.3) is 0 Å². The molecular formula is C14H20BrNO. The van der Waals surface area contributed by atoms with Gasteiger partial charge in [-0.05, 0) is 66.2 Å². The quantitative estimate of drug-likeness (QED) is 0.915. The summed E-state index contributed by atoms with van der Waals surface area (Å²) in [4.78, 5) is 2.33. The third-order valence-corrected chi connectivity index (χ3v) is 4.38. The molecule has 1 unspecified atom stereocenters. The van der Waals surface area contributed by atoms with Crippen LogP contribution in [0, 0.1) is 5.92 Å². The van der Waals surface area contributed by atoms with Gasteiger partial charge in [0.1, 0.15) is 0 Å². The van der Waals surface area contributed by atoms with E-state index in [1.54, 1.807) is 6.92 Å². The van der Waals surface area contributed by atoms with Gasteiger partial charge in [0.05, 0.1) is 11.8 Å². The fourth-order valence-electron chi connectivity index (χ4n) is 2.18. The molecule has 17 heavy (non-hydrogen) atoms. The van der Waals surface area contributed by atoms with Crippen molar-refractivity contribution >= 4 is 21.6 Å². The summed E-state index contributed by atoms with van der Waals surface area (Å²) in [5.74, 6) is 0.850. The van der Waals surface area contributed by atoms with Crippen LogP contribution in [0.2, 0.25) is 0 Å². The van der Waals surface area contributed by atoms with Crippen molar-refractivity contribution in [2.24, 2.45) is 5.92 Å². The first-order valence-electron chi connectivity index (χ1n) is 6.21. The minimum Gasteiger partial charge on any atom is -0.389 e. The van der Waals surface area contributed by atoms with Crippen LogP contribution in [0.3, 0.4) is 0 Å². The molecule has 2 atom stereocenters. The molecule has 1 aliphatic rings. The van der Waals surface area contributed by atoms with Crippen LogP contribution in [0.4, 0.5) is 5.69 Å². The van der Waals surface area contributed by atoms with E-state index in [2.05, 4.69) is 40.9 Å². The van der Waals surface area contributed by atoms with Gasteiger partial charge in [0.25, 0.3) is 0 Å². The Hall–Kier alpha value is -0.540. The van der Waals surface area contributed by atoms with E-state index >= 15 is 0 Å². The van der Waals surface area contributed by atoms with E-state index in [-0.39, 0.29) is 0 Å². The summed E-state index contributed by atoms with van der Waals surface area (Å²) in [7, 11) is 2.14. The van der Waals surface area contributed by atoms with Crippen LogP contribution in [0.5, 0.6) is 0 Å². The second kappa shape index (κ2) is 4.99. The zero-order valence-electron chi connectivity index (χ0n) is 10.7. The molecule has 0 bridgehead atoms. The molecule has 3 heteroatoms. The monoisotopic (exact) mass is 297 g/mol. The summed E-state index contributed by atoms with van der Waals surface area (Å²) in [5, 5.41) is 9.55. The summed E-state index contributed by atoms with van der Waals surface area (Å²) in [5.41, 5.74) is 2.15. The van der Waals surface area contributed by atoms with Crippen LogP contribution in [0.1, 0.15) is 38.4 Å². The van der Waals surface area contributed by atoms with E-state index in [4.69, 9.17) is 0 Å². The average molecular weight is 298 g/mol. The predicted molar refractivity (Wildman–Crippen MR) is 75.4 cm³/mol. The number of hydrogen-bond donors (Lipinski definition) is 1. The van der Waals surface area contributed by atoms with Gasteiger partial charge >= 0.3 is 0 Å². The Bertz CT molecular complexity index is 401. The van der Waals surface area contributed by atoms with Crippen molar-refractivity contribution < 1.29 is 5.11 Å². The first kappa shape index (κ1) is 12.9. The first-order valence-corrected chi connectivity index (χ1v) is 7.00. The SMILES string of the molecule is CC(C1CC1)N(C)c1ccc([C@@H](C)O)cc1Br. The fourth-order valence-corrected chi connectivity index (χ4v) is 2.86. The van der Waals surface area contributed by atoms with E-state index < -0.39 is 6.10 Å². The highest BCUT2D eigenvalue weighted by molar-refractivity contribution is 9.10. The van der Waals surface area contributed by atoms with Crippen molar-refractivity contribution in [3.8, 4) is 0 Å². The normalized spacial score (nSPS) is 18.9. The van der Waals surface area contributed by atoms with E-state index in [0.717, 1.165) is 16.0 Å². The van der Waals surface area contributed by atoms with Crippen molar-refractivity contribution in [2.45, 2.75) is 38.8 Å². The van der Waals surface area contributed by atoms with Crippen molar-refractivity contribution in [3.05, 3.63) is 28.2 Å². The second-order valence-corrected chi connectivity index (χ2v) is 5.93. The second-order valence-electron chi connectivity index (χ2n) is 5.08. The van der Waals surface area contributed by atoms with Gasteiger partial charge in [0.15, 0.2) is 0 Å². The molecule has 0 aromatic heterocycles. The third kappa shape index (κ3) is 2.83. The lowest BCUT2D eigenvalue weighted by Gasteiger charge is -2.28. The van der Waals surface area contributed by atoms with Crippen LogP contribution in [-0.2, 0) is 0 Å². The topological polar surface area (TPSA) is 23.5 Å². The number of benzene rings is 1. The van der Waals surface area contributed by atoms with Gasteiger partial charge in [-0.3, -0.25) is 0 Å². The van der Waals surface area contributed by atoms with Gasteiger partial charge < -0.3 is 10.0 Å². The van der Waals surface area contributed by atoms with Gasteiger partial charge in [-0.15, -0.1) is 0 Å². The Morgan fingerprint density at radius 2 is 2.00 bits per heavy atom. The Morgan fingerprint density at radius 1 is 1.35 bits per heavy atom. The molecule has 0 spiro atoms. The Kier molecular flexibility index (Phi) is 3.79. The van der Waals surface area contributed by atoms with Crippen molar-refractivity contribution in [1.29, 1.82) is 0 Å². The lowest BCUT2D eigenvalue weighted by Crippen LogP contribution is -2.30. The molecule has 2 nitrogen and oxygen atoms in total. The zero-order valence-corrected chi connectivity index (χ0v) is 12.2. The molecule has 1 N–H and O–H groups in total. The molecule has 1 saturated carbocycles. The number of aliphatic hydroxyl groups is 1. The predicted octanol–water partition coefficient (Wildman–Crippen LogP) is 3.74. The number of aliphatic hydroxyl groups excluding tert-OH is 1. The zero-order chi connectivity index (χ0) is 12.6. The van der Waals surface area contributed by atoms with Crippen LogP contribution >= 0.6 is 15.9 Å². The van der Waals surface area contributed by atoms with Crippen molar-refractivity contribution in [2.75, 3.05) is 11.9 Å². The van der Waals surface area contributed by atoms with E-state index in [9.17, 15) is 5.11 Å². The lowest BCUT2D eigenvalue weighted by molar-refractivity contribution is 0.199. The minimum absolute atomic E-state index is 0.411. The molecule has 0 aliphatic heterocycles. The average Bonchev–Trinajstić information content (AvgIpc) is 3.10. The molecule has 0 radical (unpaired) electrons. The lowest BCUT2D eigenvalue weighted by atomic mass is 10.1. The summed E-state index contributed by atoms with van der Waals surface area (Å²) in [6.45, 7) is 4.07. The van der Waals surface area contributed by atoms with Gasteiger partial charge in [-0.1, -0.05) is 6.07 Å². The molecule has 1 aromatic carbocycles. The molecule has 1 aromatic rings. The van der Waals surface area contributed by atoms with E-state index in [0.29, 0.717) is 6.04 Å². The van der Waals surface area contributed by atoms with Crippen LogP contribution in [0.15, 0.2) is 22.7 Å². The number of rotatable bonds is 4. The minimum atomic E-state index is -0.411. The molecule has 1 aliphatic carbocycles. The van der Waals surface area contributed by atoms with Gasteiger partial charge in [-0.25, -0.2) is 0 Å². The largest absolute Gasteiger partial charge is 0.389 e. The standard InChI is InChI=1S/C14H20BrNO/c1-9(11-4-5-11)16(3)14-7-6-12(10(2)17)8-13(14)15/h6-11,17H,4-5H2,1-3H3/t9?,10-/m1/s1. The number of anilines is 1. The molecular weight excluding hydrogens is 278 g/mol. The Balaban J connectivity index is 2.20. The van der Waals surface area contributed by atoms with Crippen LogP contribution < -0.4 is 4.90 Å². The molecule has 0 saturated heterocycles. The summed E-state index contributed by atoms with van der Waals surface area (Å²) < 4.78 is 1.06. The maximum atomic E-state index is 9.55. The maximum Gasteiger partial charge on any atom is 0.0762 e. The summed E-state index contributed by atoms with van der Waals surface area (Å²) >= 11 is 3.60. The molecule has 94 valence electrons. The molecule has 0 amide bonds. The van der Waals surface area contributed by atoms with Gasteiger partial charge in [0, 0.05) is 17.6 Å². The van der Waals surface area contributed by atoms with Crippen LogP contribution in [-0.4, -0.2) is 18.2 Å². The van der Waals surface area contributed by atoms with E-state index in [1.807, 2.05) is 12.1 Å².